The van der Waals surface area contributed by atoms with Crippen LogP contribution in [0.25, 0.3) is 0 Å². The normalized spacial score (nSPS) is 18.1. The van der Waals surface area contributed by atoms with Crippen LogP contribution in [0.4, 0.5) is 0 Å². The van der Waals surface area contributed by atoms with Gasteiger partial charge in [0.25, 0.3) is 11.8 Å². The molecule has 2 amide bonds. The first-order valence-electron chi connectivity index (χ1n) is 11.2. The SMILES string of the molecule is CCCN(CCC)S(=O)(=O)c1ccc(C(=O)N2CC[C@@H]3c4ccccc4C(=O)N3C2)cc1. The van der Waals surface area contributed by atoms with E-state index in [1.807, 2.05) is 38.1 Å². The lowest BCUT2D eigenvalue weighted by molar-refractivity contribution is 0.0310. The summed E-state index contributed by atoms with van der Waals surface area (Å²) in [5, 5.41) is 0. The molecule has 4 rings (SSSR count). The van der Waals surface area contributed by atoms with Crippen LogP contribution >= 0.6 is 0 Å². The van der Waals surface area contributed by atoms with Crippen molar-refractivity contribution in [1.29, 1.82) is 0 Å². The number of amides is 2. The van der Waals surface area contributed by atoms with Crippen molar-refractivity contribution in [2.24, 2.45) is 0 Å². The van der Waals surface area contributed by atoms with Crippen molar-refractivity contribution in [1.82, 2.24) is 14.1 Å². The van der Waals surface area contributed by atoms with Gasteiger partial charge in [-0.15, -0.1) is 0 Å². The Bertz CT molecular complexity index is 1110. The molecule has 2 aliphatic rings. The van der Waals surface area contributed by atoms with Crippen molar-refractivity contribution >= 4 is 21.8 Å². The number of fused-ring (bicyclic) bond motifs is 3. The number of nitrogens with zero attached hydrogens (tertiary/aromatic N) is 3. The molecule has 2 aliphatic heterocycles. The first kappa shape index (κ1) is 22.5. The fourth-order valence-corrected chi connectivity index (χ4v) is 6.20. The lowest BCUT2D eigenvalue weighted by Crippen LogP contribution is -2.48. The predicted octanol–water partition coefficient (Wildman–Crippen LogP) is 3.50. The molecule has 2 heterocycles. The third-order valence-electron chi connectivity index (χ3n) is 6.16. The van der Waals surface area contributed by atoms with E-state index in [4.69, 9.17) is 0 Å². The zero-order valence-corrected chi connectivity index (χ0v) is 19.3. The summed E-state index contributed by atoms with van der Waals surface area (Å²) < 4.78 is 27.4. The number of carbonyl (C=O) groups excluding carboxylic acids is 2. The van der Waals surface area contributed by atoms with E-state index < -0.39 is 10.0 Å². The van der Waals surface area contributed by atoms with Gasteiger partial charge in [-0.05, 0) is 55.2 Å². The molecule has 0 saturated carbocycles. The summed E-state index contributed by atoms with van der Waals surface area (Å²) in [6.07, 6.45) is 2.17. The smallest absolute Gasteiger partial charge is 0.256 e. The Kier molecular flexibility index (Phi) is 6.35. The highest BCUT2D eigenvalue weighted by atomic mass is 32.2. The number of carbonyl (C=O) groups is 2. The Hall–Kier alpha value is -2.71. The average Bonchev–Trinajstić information content (AvgIpc) is 3.10. The van der Waals surface area contributed by atoms with E-state index in [0.717, 1.165) is 18.4 Å². The summed E-state index contributed by atoms with van der Waals surface area (Å²) >= 11 is 0. The van der Waals surface area contributed by atoms with Crippen molar-refractivity contribution in [2.45, 2.75) is 44.0 Å². The third-order valence-corrected chi connectivity index (χ3v) is 8.07. The molecule has 0 aromatic heterocycles. The van der Waals surface area contributed by atoms with E-state index in [2.05, 4.69) is 0 Å². The summed E-state index contributed by atoms with van der Waals surface area (Å²) in [7, 11) is -3.59. The van der Waals surface area contributed by atoms with Crippen LogP contribution < -0.4 is 0 Å². The Labute approximate surface area is 189 Å². The Balaban J connectivity index is 1.49. The molecule has 7 nitrogen and oxygen atoms in total. The van der Waals surface area contributed by atoms with E-state index in [-0.39, 0.29) is 29.4 Å². The maximum absolute atomic E-state index is 13.1. The highest BCUT2D eigenvalue weighted by Gasteiger charge is 2.41. The third kappa shape index (κ3) is 3.93. The van der Waals surface area contributed by atoms with Crippen molar-refractivity contribution in [3.05, 3.63) is 65.2 Å². The summed E-state index contributed by atoms with van der Waals surface area (Å²) in [4.78, 5) is 29.5. The molecule has 1 fully saturated rings. The summed E-state index contributed by atoms with van der Waals surface area (Å²) in [6, 6.07) is 13.8. The molecule has 1 saturated heterocycles. The minimum Gasteiger partial charge on any atom is -0.321 e. The van der Waals surface area contributed by atoms with Gasteiger partial charge >= 0.3 is 0 Å². The van der Waals surface area contributed by atoms with Gasteiger partial charge < -0.3 is 9.80 Å². The second-order valence-electron chi connectivity index (χ2n) is 8.31. The summed E-state index contributed by atoms with van der Waals surface area (Å²) in [6.45, 7) is 5.62. The van der Waals surface area contributed by atoms with Crippen molar-refractivity contribution in [3.8, 4) is 0 Å². The molecule has 1 atom stereocenters. The molecule has 8 heteroatoms. The van der Waals surface area contributed by atoms with E-state index >= 15 is 0 Å². The zero-order valence-electron chi connectivity index (χ0n) is 18.5. The van der Waals surface area contributed by atoms with Crippen LogP contribution in [0.15, 0.2) is 53.4 Å². The van der Waals surface area contributed by atoms with Crippen LogP contribution in [0.1, 0.15) is 65.4 Å². The van der Waals surface area contributed by atoms with Gasteiger partial charge in [0.05, 0.1) is 17.6 Å². The molecule has 0 bridgehead atoms. The largest absolute Gasteiger partial charge is 0.321 e. The predicted molar refractivity (Wildman–Crippen MR) is 122 cm³/mol. The monoisotopic (exact) mass is 455 g/mol. The Morgan fingerprint density at radius 3 is 2.34 bits per heavy atom. The molecule has 0 spiro atoms. The van der Waals surface area contributed by atoms with Crippen molar-refractivity contribution in [3.63, 3.8) is 0 Å². The van der Waals surface area contributed by atoms with Crippen LogP contribution in [-0.4, -0.2) is 60.6 Å². The fraction of sp³-hybridized carbons (Fsp3) is 0.417. The van der Waals surface area contributed by atoms with Crippen LogP contribution in [0.3, 0.4) is 0 Å². The van der Waals surface area contributed by atoms with Gasteiger partial charge in [-0.1, -0.05) is 32.0 Å². The second-order valence-corrected chi connectivity index (χ2v) is 10.2. The van der Waals surface area contributed by atoms with Crippen LogP contribution in [0, 0.1) is 0 Å². The zero-order chi connectivity index (χ0) is 22.9. The topological polar surface area (TPSA) is 78.0 Å². The molecular formula is C24H29N3O4S. The van der Waals surface area contributed by atoms with Crippen molar-refractivity contribution in [2.75, 3.05) is 26.3 Å². The van der Waals surface area contributed by atoms with Crippen LogP contribution in [0.5, 0.6) is 0 Å². The van der Waals surface area contributed by atoms with Gasteiger partial charge in [0.15, 0.2) is 0 Å². The number of rotatable bonds is 7. The fourth-order valence-electron chi connectivity index (χ4n) is 4.57. The maximum Gasteiger partial charge on any atom is 0.256 e. The summed E-state index contributed by atoms with van der Waals surface area (Å²) in [5.74, 6) is -0.244. The first-order chi connectivity index (χ1) is 15.4. The highest BCUT2D eigenvalue weighted by Crippen LogP contribution is 2.38. The Morgan fingerprint density at radius 2 is 1.69 bits per heavy atom. The van der Waals surface area contributed by atoms with Gasteiger partial charge in [-0.3, -0.25) is 9.59 Å². The van der Waals surface area contributed by atoms with Crippen molar-refractivity contribution < 1.29 is 18.0 Å². The van der Waals surface area contributed by atoms with Gasteiger partial charge in [0, 0.05) is 30.8 Å². The maximum atomic E-state index is 13.1. The number of sulfonamides is 1. The van der Waals surface area contributed by atoms with E-state index in [0.29, 0.717) is 37.2 Å². The number of hydrogen-bond acceptors (Lipinski definition) is 4. The van der Waals surface area contributed by atoms with Crippen LogP contribution in [0.2, 0.25) is 0 Å². The minimum absolute atomic E-state index is 0.0124. The lowest BCUT2D eigenvalue weighted by atomic mass is 10.0. The molecule has 2 aromatic rings. The van der Waals surface area contributed by atoms with E-state index in [1.54, 1.807) is 21.9 Å². The molecule has 0 radical (unpaired) electrons. The molecular weight excluding hydrogens is 426 g/mol. The quantitative estimate of drug-likeness (QED) is 0.640. The molecule has 2 aromatic carbocycles. The van der Waals surface area contributed by atoms with E-state index in [9.17, 15) is 18.0 Å². The van der Waals surface area contributed by atoms with Gasteiger partial charge in [0.1, 0.15) is 0 Å². The minimum atomic E-state index is -3.59. The first-order valence-corrected chi connectivity index (χ1v) is 12.6. The van der Waals surface area contributed by atoms with Gasteiger partial charge in [-0.25, -0.2) is 8.42 Å². The molecule has 32 heavy (non-hydrogen) atoms. The summed E-state index contributed by atoms with van der Waals surface area (Å²) in [5.41, 5.74) is 2.16. The highest BCUT2D eigenvalue weighted by molar-refractivity contribution is 7.89. The van der Waals surface area contributed by atoms with Gasteiger partial charge in [0.2, 0.25) is 10.0 Å². The molecule has 0 N–H and O–H groups in total. The average molecular weight is 456 g/mol. The Morgan fingerprint density at radius 1 is 1.03 bits per heavy atom. The molecule has 0 aliphatic carbocycles. The lowest BCUT2D eigenvalue weighted by Gasteiger charge is -2.38. The van der Waals surface area contributed by atoms with Crippen LogP contribution in [-0.2, 0) is 10.0 Å². The molecule has 0 unspecified atom stereocenters. The second kappa shape index (κ2) is 9.03. The van der Waals surface area contributed by atoms with E-state index in [1.165, 1.54) is 16.4 Å². The molecule has 170 valence electrons. The van der Waals surface area contributed by atoms with Gasteiger partial charge in [-0.2, -0.15) is 4.31 Å². The number of benzene rings is 2. The standard InChI is InChI=1S/C24H29N3O4S/c1-3-14-26(15-4-2)32(30,31)19-11-9-18(10-12-19)23(28)25-16-13-22-20-7-5-6-8-21(20)24(29)27(22)17-25/h5-12,22H,3-4,13-17H2,1-2H3/t22-/m1/s1. The number of hydrogen-bond donors (Lipinski definition) is 0.